The molecular formula is C17H20BrN. The van der Waals surface area contributed by atoms with Gasteiger partial charge in [0.1, 0.15) is 0 Å². The molecule has 1 N–H and O–H groups in total. The summed E-state index contributed by atoms with van der Waals surface area (Å²) in [6.07, 6.45) is 1.08. The van der Waals surface area contributed by atoms with E-state index in [-0.39, 0.29) is 0 Å². The largest absolute Gasteiger partial charge is 0.303 e. The molecule has 0 bridgehead atoms. The van der Waals surface area contributed by atoms with Gasteiger partial charge >= 0.3 is 0 Å². The first-order valence-electron chi connectivity index (χ1n) is 6.77. The average Bonchev–Trinajstić information content (AvgIpc) is 2.45. The minimum Gasteiger partial charge on any atom is -0.303 e. The quantitative estimate of drug-likeness (QED) is 0.794. The molecule has 0 aliphatic carbocycles. The molecule has 0 fully saturated rings. The van der Waals surface area contributed by atoms with Gasteiger partial charge in [-0.1, -0.05) is 65.3 Å². The van der Waals surface area contributed by atoms with Crippen molar-refractivity contribution in [2.75, 3.05) is 0 Å². The minimum absolute atomic E-state index is 0.352. The van der Waals surface area contributed by atoms with Gasteiger partial charge in [0, 0.05) is 16.6 Å². The van der Waals surface area contributed by atoms with E-state index in [1.54, 1.807) is 0 Å². The first-order chi connectivity index (χ1) is 9.20. The molecule has 19 heavy (non-hydrogen) atoms. The second-order valence-electron chi connectivity index (χ2n) is 4.81. The van der Waals surface area contributed by atoms with Gasteiger partial charge in [0.25, 0.3) is 0 Å². The highest BCUT2D eigenvalue weighted by atomic mass is 79.9. The first-order valence-corrected chi connectivity index (χ1v) is 7.56. The van der Waals surface area contributed by atoms with E-state index >= 15 is 0 Å². The van der Waals surface area contributed by atoms with Crippen molar-refractivity contribution < 1.29 is 0 Å². The lowest BCUT2D eigenvalue weighted by atomic mass is 10.0. The molecule has 0 aliphatic rings. The maximum atomic E-state index is 3.71. The minimum atomic E-state index is 0.352. The molecule has 2 aromatic carbocycles. The summed E-state index contributed by atoms with van der Waals surface area (Å²) >= 11 is 3.54. The number of halogens is 1. The second-order valence-corrected chi connectivity index (χ2v) is 5.73. The van der Waals surface area contributed by atoms with E-state index in [0.29, 0.717) is 12.1 Å². The first kappa shape index (κ1) is 14.3. The number of hydrogen-bond acceptors (Lipinski definition) is 1. The van der Waals surface area contributed by atoms with Crippen molar-refractivity contribution in [3.05, 3.63) is 70.2 Å². The van der Waals surface area contributed by atoms with Gasteiger partial charge in [-0.15, -0.1) is 0 Å². The molecule has 0 heterocycles. The molecular weight excluding hydrogens is 298 g/mol. The van der Waals surface area contributed by atoms with Gasteiger partial charge in [0.05, 0.1) is 0 Å². The van der Waals surface area contributed by atoms with Gasteiger partial charge in [-0.05, 0) is 36.6 Å². The van der Waals surface area contributed by atoms with Crippen LogP contribution in [0.4, 0.5) is 0 Å². The maximum Gasteiger partial charge on any atom is 0.0323 e. The van der Waals surface area contributed by atoms with E-state index in [2.05, 4.69) is 89.7 Å². The van der Waals surface area contributed by atoms with Crippen molar-refractivity contribution in [2.45, 2.75) is 32.4 Å². The van der Waals surface area contributed by atoms with Gasteiger partial charge in [-0.25, -0.2) is 0 Å². The second kappa shape index (κ2) is 6.88. The number of hydrogen-bond donors (Lipinski definition) is 1. The van der Waals surface area contributed by atoms with Crippen LogP contribution in [0.5, 0.6) is 0 Å². The highest BCUT2D eigenvalue weighted by Crippen LogP contribution is 2.24. The predicted octanol–water partition coefficient (Wildman–Crippen LogP) is 5.25. The SMILES string of the molecule is CCC(N[C@H](C)c1ccccc1)c1cccc(Br)c1. The van der Waals surface area contributed by atoms with Gasteiger partial charge in [-0.2, -0.15) is 0 Å². The van der Waals surface area contributed by atoms with Crippen LogP contribution in [0.1, 0.15) is 43.5 Å². The van der Waals surface area contributed by atoms with Crippen LogP contribution in [-0.2, 0) is 0 Å². The summed E-state index contributed by atoms with van der Waals surface area (Å²) in [6, 6.07) is 19.9. The van der Waals surface area contributed by atoms with E-state index in [9.17, 15) is 0 Å². The Morgan fingerprint density at radius 3 is 2.32 bits per heavy atom. The van der Waals surface area contributed by atoms with Crippen molar-refractivity contribution in [1.29, 1.82) is 0 Å². The fourth-order valence-corrected chi connectivity index (χ4v) is 2.73. The lowest BCUT2D eigenvalue weighted by Crippen LogP contribution is -2.24. The molecule has 1 nitrogen and oxygen atoms in total. The number of nitrogens with one attached hydrogen (secondary N) is 1. The summed E-state index contributed by atoms with van der Waals surface area (Å²) < 4.78 is 1.14. The third-order valence-electron chi connectivity index (χ3n) is 3.41. The standard InChI is InChI=1S/C17H20BrN/c1-3-17(15-10-7-11-16(18)12-15)19-13(2)14-8-5-4-6-9-14/h4-13,17,19H,3H2,1-2H3/t13-,17?/m1/s1. The molecule has 2 heteroatoms. The monoisotopic (exact) mass is 317 g/mol. The van der Waals surface area contributed by atoms with Gasteiger partial charge in [-0.3, -0.25) is 0 Å². The van der Waals surface area contributed by atoms with Crippen LogP contribution < -0.4 is 5.32 Å². The molecule has 0 aliphatic heterocycles. The van der Waals surface area contributed by atoms with E-state index in [0.717, 1.165) is 10.9 Å². The summed E-state index contributed by atoms with van der Waals surface area (Å²) in [5.41, 5.74) is 2.66. The predicted molar refractivity (Wildman–Crippen MR) is 85.2 cm³/mol. The number of rotatable bonds is 5. The molecule has 0 aromatic heterocycles. The molecule has 0 spiro atoms. The summed E-state index contributed by atoms with van der Waals surface area (Å²) in [7, 11) is 0. The molecule has 0 amide bonds. The molecule has 2 atom stereocenters. The molecule has 100 valence electrons. The number of benzene rings is 2. The van der Waals surface area contributed by atoms with Crippen LogP contribution in [0.3, 0.4) is 0 Å². The van der Waals surface area contributed by atoms with E-state index in [1.807, 2.05) is 0 Å². The zero-order valence-electron chi connectivity index (χ0n) is 11.4. The fourth-order valence-electron chi connectivity index (χ4n) is 2.31. The van der Waals surface area contributed by atoms with E-state index in [1.165, 1.54) is 11.1 Å². The third-order valence-corrected chi connectivity index (χ3v) is 3.90. The normalized spacial score (nSPS) is 14.1. The van der Waals surface area contributed by atoms with Crippen molar-refractivity contribution in [3.8, 4) is 0 Å². The van der Waals surface area contributed by atoms with Crippen molar-refractivity contribution in [1.82, 2.24) is 5.32 Å². The van der Waals surface area contributed by atoms with Crippen molar-refractivity contribution in [3.63, 3.8) is 0 Å². The average molecular weight is 318 g/mol. The van der Waals surface area contributed by atoms with Gasteiger partial charge in [0.2, 0.25) is 0 Å². The summed E-state index contributed by atoms with van der Waals surface area (Å²) in [5, 5.41) is 3.71. The Morgan fingerprint density at radius 2 is 1.68 bits per heavy atom. The summed E-state index contributed by atoms with van der Waals surface area (Å²) in [6.45, 7) is 4.44. The Bertz CT molecular complexity index is 510. The van der Waals surface area contributed by atoms with Gasteiger partial charge in [0.15, 0.2) is 0 Å². The van der Waals surface area contributed by atoms with Crippen LogP contribution in [0, 0.1) is 0 Å². The molecule has 1 unspecified atom stereocenters. The fraction of sp³-hybridized carbons (Fsp3) is 0.294. The Morgan fingerprint density at radius 1 is 1.00 bits per heavy atom. The third kappa shape index (κ3) is 3.92. The van der Waals surface area contributed by atoms with Crippen LogP contribution in [0.2, 0.25) is 0 Å². The molecule has 0 saturated heterocycles. The van der Waals surface area contributed by atoms with Crippen LogP contribution in [0.15, 0.2) is 59.1 Å². The van der Waals surface area contributed by atoms with Crippen LogP contribution in [0.25, 0.3) is 0 Å². The summed E-state index contributed by atoms with van der Waals surface area (Å²) in [5.74, 6) is 0. The van der Waals surface area contributed by atoms with Crippen LogP contribution in [-0.4, -0.2) is 0 Å². The lowest BCUT2D eigenvalue weighted by Gasteiger charge is -2.23. The Hall–Kier alpha value is -1.12. The van der Waals surface area contributed by atoms with Crippen molar-refractivity contribution >= 4 is 15.9 Å². The highest BCUT2D eigenvalue weighted by Gasteiger charge is 2.13. The zero-order valence-corrected chi connectivity index (χ0v) is 13.0. The Balaban J connectivity index is 2.11. The topological polar surface area (TPSA) is 12.0 Å². The zero-order chi connectivity index (χ0) is 13.7. The highest BCUT2D eigenvalue weighted by molar-refractivity contribution is 9.10. The Kier molecular flexibility index (Phi) is 5.17. The molecule has 2 aromatic rings. The van der Waals surface area contributed by atoms with Crippen molar-refractivity contribution in [2.24, 2.45) is 0 Å². The molecule has 2 rings (SSSR count). The summed E-state index contributed by atoms with van der Waals surface area (Å²) in [4.78, 5) is 0. The lowest BCUT2D eigenvalue weighted by molar-refractivity contribution is 0.456. The molecule has 0 radical (unpaired) electrons. The van der Waals surface area contributed by atoms with E-state index < -0.39 is 0 Å². The van der Waals surface area contributed by atoms with E-state index in [4.69, 9.17) is 0 Å². The van der Waals surface area contributed by atoms with Gasteiger partial charge < -0.3 is 5.32 Å². The Labute approximate surface area is 124 Å². The smallest absolute Gasteiger partial charge is 0.0323 e. The van der Waals surface area contributed by atoms with Crippen LogP contribution >= 0.6 is 15.9 Å². The maximum absolute atomic E-state index is 3.71. The molecule has 0 saturated carbocycles.